The van der Waals surface area contributed by atoms with Crippen LogP contribution < -0.4 is 10.2 Å². The Morgan fingerprint density at radius 1 is 1.07 bits per heavy atom. The highest BCUT2D eigenvalue weighted by Crippen LogP contribution is 2.33. The van der Waals surface area contributed by atoms with Crippen LogP contribution in [0.1, 0.15) is 65.3 Å². The summed E-state index contributed by atoms with van der Waals surface area (Å²) in [6.07, 6.45) is -0.384. The van der Waals surface area contributed by atoms with Crippen LogP contribution in [0.4, 0.5) is 10.1 Å². The lowest BCUT2D eigenvalue weighted by molar-refractivity contribution is -0.136. The third-order valence-electron chi connectivity index (χ3n) is 4.95. The van der Waals surface area contributed by atoms with Crippen molar-refractivity contribution in [1.29, 1.82) is 0 Å². The summed E-state index contributed by atoms with van der Waals surface area (Å²) in [7, 11) is 0. The lowest BCUT2D eigenvalue weighted by atomic mass is 10.0. The summed E-state index contributed by atoms with van der Waals surface area (Å²) in [5.41, 5.74) is -3.54. The molecular weight excluding hydrogens is 391 g/mol. The van der Waals surface area contributed by atoms with Crippen LogP contribution in [0.15, 0.2) is 12.1 Å². The van der Waals surface area contributed by atoms with Crippen LogP contribution in [0.5, 0.6) is 0 Å². The molecule has 0 aliphatic carbocycles. The van der Waals surface area contributed by atoms with Crippen molar-refractivity contribution < 1.29 is 34.5 Å². The first-order valence-corrected chi connectivity index (χ1v) is 9.26. The van der Waals surface area contributed by atoms with E-state index >= 15 is 4.39 Å². The monoisotopic (exact) mass is 424 g/mol. The second-order valence-corrected chi connectivity index (χ2v) is 8.09. The Balaban J connectivity index is 1.87. The van der Waals surface area contributed by atoms with Crippen molar-refractivity contribution in [2.45, 2.75) is 45.2 Å². The maximum absolute atomic E-state index is 15.4. The van der Waals surface area contributed by atoms with E-state index in [1.54, 1.807) is 0 Å². The Kier molecular flexibility index (Phi) is 3.05. The molecule has 3 heterocycles. The predicted molar refractivity (Wildman–Crippen MR) is 107 cm³/mol. The number of benzene rings is 1. The number of hydrogen-bond acceptors (Lipinski definition) is 6. The van der Waals surface area contributed by atoms with Crippen molar-refractivity contribution in [3.8, 4) is 0 Å². The summed E-state index contributed by atoms with van der Waals surface area (Å²) in [4.78, 5) is 50.9. The van der Waals surface area contributed by atoms with Crippen LogP contribution in [0, 0.1) is 5.82 Å². The van der Waals surface area contributed by atoms with Gasteiger partial charge in [-0.15, -0.1) is 0 Å². The summed E-state index contributed by atoms with van der Waals surface area (Å²) in [6, 6.07) is -0.120. The van der Waals surface area contributed by atoms with Gasteiger partial charge >= 0.3 is 0 Å². The molecule has 4 rings (SSSR count). The summed E-state index contributed by atoms with van der Waals surface area (Å²) in [6.45, 7) is -8.88. The minimum atomic E-state index is -3.33. The summed E-state index contributed by atoms with van der Waals surface area (Å²) in [5, 5.41) is 1.99. The highest BCUT2D eigenvalue weighted by atomic mass is 19.1. The largest absolute Gasteiger partial charge is 0.369 e. The van der Waals surface area contributed by atoms with E-state index < -0.39 is 83.8 Å². The molecule has 0 aromatic heterocycles. The van der Waals surface area contributed by atoms with Crippen LogP contribution in [0.25, 0.3) is 0 Å². The number of hydrogen-bond donors (Lipinski definition) is 1. The van der Waals surface area contributed by atoms with Gasteiger partial charge < -0.3 is 4.90 Å². The van der Waals surface area contributed by atoms with Crippen molar-refractivity contribution >= 4 is 29.3 Å². The zero-order valence-electron chi connectivity index (χ0n) is 24.5. The van der Waals surface area contributed by atoms with E-state index in [1.165, 1.54) is 20.8 Å². The maximum atomic E-state index is 15.4. The number of nitrogens with zero attached hydrogens (tertiary/aromatic N) is 3. The van der Waals surface area contributed by atoms with Crippen LogP contribution in [0.3, 0.4) is 0 Å². The van der Waals surface area contributed by atoms with Gasteiger partial charge in [0.15, 0.2) is 0 Å². The van der Waals surface area contributed by atoms with Crippen molar-refractivity contribution in [2.24, 2.45) is 0 Å². The van der Waals surface area contributed by atoms with Gasteiger partial charge in [-0.1, -0.05) is 0 Å². The number of rotatable bonds is 2. The molecule has 1 aromatic carbocycles. The molecule has 2 saturated heterocycles. The molecule has 9 heteroatoms. The minimum absolute atomic E-state index is 0.0952. The molecule has 1 atom stereocenters. The molecule has 3 aliphatic heterocycles. The molecule has 30 heavy (non-hydrogen) atoms. The Bertz CT molecular complexity index is 1250. The normalized spacial score (nSPS) is 33.8. The molecule has 160 valence electrons. The van der Waals surface area contributed by atoms with E-state index in [4.69, 9.17) is 11.0 Å². The Morgan fingerprint density at radius 3 is 2.33 bits per heavy atom. The van der Waals surface area contributed by atoms with Gasteiger partial charge in [0, 0.05) is 49.1 Å². The first-order chi connectivity index (χ1) is 17.1. The number of piperazine rings is 1. The van der Waals surface area contributed by atoms with Crippen molar-refractivity contribution in [2.75, 3.05) is 30.9 Å². The fraction of sp³-hybridized carbons (Fsp3) is 0.524. The Morgan fingerprint density at radius 2 is 1.73 bits per heavy atom. The Labute approximate surface area is 185 Å². The predicted octanol–water partition coefficient (Wildman–Crippen LogP) is 1.15. The molecule has 8 nitrogen and oxygen atoms in total. The van der Waals surface area contributed by atoms with Gasteiger partial charge in [0.1, 0.15) is 11.9 Å². The highest BCUT2D eigenvalue weighted by molar-refractivity contribution is 6.23. The molecule has 2 fully saturated rings. The van der Waals surface area contributed by atoms with E-state index in [0.29, 0.717) is 15.9 Å². The van der Waals surface area contributed by atoms with Gasteiger partial charge in [-0.3, -0.25) is 34.3 Å². The van der Waals surface area contributed by atoms with Crippen LogP contribution in [0.2, 0.25) is 0 Å². The second kappa shape index (κ2) is 7.16. The summed E-state index contributed by atoms with van der Waals surface area (Å²) < 4.78 is 83.7. The number of nitrogens with one attached hydrogen (secondary N) is 1. The SMILES string of the molecule is [2H]C1([2H])N(c2cc(F)c3c(c2)C(=O)N([C@@H]2CCC(=O)NC2=O)C3=O)C([2H])([2H])C([2H])([2H])N(C(C)(C)C)C1([2H])[2H]. The second-order valence-electron chi connectivity index (χ2n) is 8.09. The molecule has 1 aromatic rings. The fourth-order valence-corrected chi connectivity index (χ4v) is 3.38. The third-order valence-corrected chi connectivity index (χ3v) is 4.95. The third kappa shape index (κ3) is 3.36. The Hall–Kier alpha value is -2.81. The molecule has 0 saturated carbocycles. The summed E-state index contributed by atoms with van der Waals surface area (Å²) in [5.74, 6) is -5.27. The summed E-state index contributed by atoms with van der Waals surface area (Å²) >= 11 is 0. The number of anilines is 1. The molecule has 3 aliphatic rings. The first-order valence-electron chi connectivity index (χ1n) is 13.3. The van der Waals surface area contributed by atoms with Gasteiger partial charge in [-0.05, 0) is 39.3 Å². The van der Waals surface area contributed by atoms with Crippen molar-refractivity contribution in [1.82, 2.24) is 15.1 Å². The molecule has 4 amide bonds. The highest BCUT2D eigenvalue weighted by Gasteiger charge is 2.46. The van der Waals surface area contributed by atoms with Gasteiger partial charge in [-0.25, -0.2) is 4.39 Å². The zero-order chi connectivity index (χ0) is 29.0. The van der Waals surface area contributed by atoms with Crippen LogP contribution in [-0.2, 0) is 9.59 Å². The number of amides is 4. The molecule has 0 unspecified atom stereocenters. The topological polar surface area (TPSA) is 90.0 Å². The lowest BCUT2D eigenvalue weighted by Gasteiger charge is -2.43. The maximum Gasteiger partial charge on any atom is 0.265 e. The minimum Gasteiger partial charge on any atom is -0.369 e. The van der Waals surface area contributed by atoms with Gasteiger partial charge in [0.05, 0.1) is 16.6 Å². The van der Waals surface area contributed by atoms with Crippen molar-refractivity contribution in [3.05, 3.63) is 29.1 Å². The van der Waals surface area contributed by atoms with Gasteiger partial charge in [0.25, 0.3) is 11.8 Å². The van der Waals surface area contributed by atoms with Gasteiger partial charge in [0.2, 0.25) is 11.8 Å². The quantitative estimate of drug-likeness (QED) is 0.717. The standard InChI is InChI=1S/C21H25FN4O4/c1-21(2,3)25-8-6-24(7-9-25)12-10-13-17(14(22)11-12)20(30)26(19(13)29)15-4-5-16(27)23-18(15)28/h10-11,15H,4-9H2,1-3H3,(H,23,27,28)/t15-/m1/s1/i6D2,7D2,8D2,9D2. The average molecular weight is 425 g/mol. The lowest BCUT2D eigenvalue weighted by Crippen LogP contribution is -2.54. The average Bonchev–Trinajstić information content (AvgIpc) is 2.96. The van der Waals surface area contributed by atoms with Crippen molar-refractivity contribution in [3.63, 3.8) is 0 Å². The molecular formula is C21H25FN4O4. The molecule has 0 radical (unpaired) electrons. The van der Waals surface area contributed by atoms with Gasteiger partial charge in [-0.2, -0.15) is 0 Å². The first kappa shape index (κ1) is 12.8. The fourth-order valence-electron chi connectivity index (χ4n) is 3.38. The number of piperidine rings is 1. The number of fused-ring (bicyclic) bond motifs is 1. The van der Waals surface area contributed by atoms with E-state index in [-0.39, 0.29) is 17.7 Å². The number of imide groups is 2. The number of carbonyl (C=O) groups excluding carboxylic acids is 4. The van der Waals surface area contributed by atoms with E-state index in [1.807, 2.05) is 5.32 Å². The number of carbonyl (C=O) groups is 4. The molecule has 0 spiro atoms. The zero-order valence-corrected chi connectivity index (χ0v) is 16.5. The molecule has 0 bridgehead atoms. The van der Waals surface area contributed by atoms with Crippen LogP contribution >= 0.6 is 0 Å². The molecule has 1 N–H and O–H groups in total. The van der Waals surface area contributed by atoms with E-state index in [2.05, 4.69) is 0 Å². The smallest absolute Gasteiger partial charge is 0.265 e. The number of halogens is 1. The van der Waals surface area contributed by atoms with E-state index in [0.717, 1.165) is 6.07 Å². The van der Waals surface area contributed by atoms with E-state index in [9.17, 15) is 19.2 Å². The van der Waals surface area contributed by atoms with Crippen LogP contribution in [-0.4, -0.2) is 71.0 Å².